The van der Waals surface area contributed by atoms with Crippen LogP contribution < -0.4 is 15.4 Å². The number of aliphatic hydroxyl groups excluding tert-OH is 1. The van der Waals surface area contributed by atoms with E-state index in [0.29, 0.717) is 36.9 Å². The maximum atomic E-state index is 13.5. The SMILES string of the molecule is Cc1nc(C(=O)NC23CCC(NC(=O)COc4ccc(Cl)c(F)c4)(CC2)C(O)C3)ccc1C#N. The number of carbonyl (C=O) groups is 2. The van der Waals surface area contributed by atoms with E-state index in [0.717, 1.165) is 6.07 Å². The van der Waals surface area contributed by atoms with E-state index in [-0.39, 0.29) is 35.4 Å². The molecule has 1 heterocycles. The van der Waals surface area contributed by atoms with Crippen molar-refractivity contribution >= 4 is 23.4 Å². The number of fused-ring (bicyclic) bond motifs is 3. The Morgan fingerprint density at radius 2 is 2.00 bits per heavy atom. The van der Waals surface area contributed by atoms with Crippen LogP contribution in [0.2, 0.25) is 5.02 Å². The van der Waals surface area contributed by atoms with Gasteiger partial charge in [0.05, 0.1) is 27.9 Å². The molecule has 5 rings (SSSR count). The van der Waals surface area contributed by atoms with Crippen LogP contribution in [0.1, 0.15) is 53.8 Å². The number of rotatable bonds is 6. The maximum Gasteiger partial charge on any atom is 0.270 e. The van der Waals surface area contributed by atoms with Gasteiger partial charge in [-0.3, -0.25) is 9.59 Å². The van der Waals surface area contributed by atoms with Crippen molar-refractivity contribution in [3.8, 4) is 11.8 Å². The predicted molar refractivity (Wildman–Crippen MR) is 121 cm³/mol. The van der Waals surface area contributed by atoms with Gasteiger partial charge in [-0.25, -0.2) is 9.37 Å². The summed E-state index contributed by atoms with van der Waals surface area (Å²) < 4.78 is 18.9. The van der Waals surface area contributed by atoms with Gasteiger partial charge in [-0.2, -0.15) is 5.26 Å². The molecule has 1 aromatic carbocycles. The lowest BCUT2D eigenvalue weighted by Gasteiger charge is -2.56. The van der Waals surface area contributed by atoms with E-state index in [2.05, 4.69) is 15.6 Å². The maximum absolute atomic E-state index is 13.5. The summed E-state index contributed by atoms with van der Waals surface area (Å²) >= 11 is 5.65. The van der Waals surface area contributed by atoms with Crippen LogP contribution >= 0.6 is 11.6 Å². The van der Waals surface area contributed by atoms with E-state index in [1.54, 1.807) is 13.0 Å². The minimum absolute atomic E-state index is 0.0381. The summed E-state index contributed by atoms with van der Waals surface area (Å²) in [4.78, 5) is 29.6. The van der Waals surface area contributed by atoms with E-state index in [4.69, 9.17) is 21.6 Å². The number of benzene rings is 1. The summed E-state index contributed by atoms with van der Waals surface area (Å²) in [5.74, 6) is -1.25. The molecule has 2 aromatic rings. The quantitative estimate of drug-likeness (QED) is 0.576. The smallest absolute Gasteiger partial charge is 0.270 e. The lowest BCUT2D eigenvalue weighted by Crippen LogP contribution is -2.70. The van der Waals surface area contributed by atoms with Gasteiger partial charge < -0.3 is 20.5 Å². The van der Waals surface area contributed by atoms with Crippen LogP contribution in [0.25, 0.3) is 0 Å². The molecule has 1 atom stereocenters. The van der Waals surface area contributed by atoms with Gasteiger partial charge in [0.1, 0.15) is 23.3 Å². The number of carbonyl (C=O) groups excluding carboxylic acids is 2. The average Bonchev–Trinajstić information content (AvgIpc) is 2.81. The Morgan fingerprint density at radius 3 is 2.62 bits per heavy atom. The number of nitrogens with one attached hydrogen (secondary N) is 2. The highest BCUT2D eigenvalue weighted by atomic mass is 35.5. The zero-order chi connectivity index (χ0) is 24.5. The largest absolute Gasteiger partial charge is 0.484 e. The van der Waals surface area contributed by atoms with E-state index in [1.807, 2.05) is 6.07 Å². The summed E-state index contributed by atoms with van der Waals surface area (Å²) in [7, 11) is 0. The van der Waals surface area contributed by atoms with Crippen molar-refractivity contribution in [3.05, 3.63) is 58.1 Å². The average molecular weight is 487 g/mol. The molecule has 0 saturated heterocycles. The molecule has 2 bridgehead atoms. The molecule has 2 amide bonds. The molecule has 1 unspecified atom stereocenters. The molecular weight excluding hydrogens is 463 g/mol. The second-order valence-corrected chi connectivity index (χ2v) is 9.37. The van der Waals surface area contributed by atoms with Gasteiger partial charge in [0, 0.05) is 11.6 Å². The fourth-order valence-electron chi connectivity index (χ4n) is 4.80. The molecule has 0 aliphatic heterocycles. The third kappa shape index (κ3) is 4.69. The monoisotopic (exact) mass is 486 g/mol. The molecule has 0 spiro atoms. The van der Waals surface area contributed by atoms with E-state index in [9.17, 15) is 19.1 Å². The van der Waals surface area contributed by atoms with Crippen molar-refractivity contribution in [1.29, 1.82) is 5.26 Å². The van der Waals surface area contributed by atoms with Crippen molar-refractivity contribution in [2.45, 2.75) is 56.2 Å². The summed E-state index contributed by atoms with van der Waals surface area (Å²) in [5, 5.41) is 25.8. The van der Waals surface area contributed by atoms with Crippen LogP contribution in [-0.4, -0.2) is 45.7 Å². The Balaban J connectivity index is 1.36. The van der Waals surface area contributed by atoms with Crippen LogP contribution in [-0.2, 0) is 4.79 Å². The number of halogens is 2. The Labute approximate surface area is 201 Å². The minimum atomic E-state index is -0.858. The second kappa shape index (κ2) is 9.20. The molecule has 1 aromatic heterocycles. The lowest BCUT2D eigenvalue weighted by molar-refractivity contribution is -0.132. The number of ether oxygens (including phenoxy) is 1. The van der Waals surface area contributed by atoms with Crippen LogP contribution in [0.5, 0.6) is 5.75 Å². The third-order valence-electron chi connectivity index (χ3n) is 6.79. The Morgan fingerprint density at radius 1 is 1.26 bits per heavy atom. The number of aliphatic hydroxyl groups is 1. The van der Waals surface area contributed by atoms with Crippen molar-refractivity contribution < 1.29 is 23.8 Å². The standard InChI is InChI=1S/C24H24ClFN4O4/c1-14-15(12-27)2-5-19(28-14)22(33)30-23-6-8-24(9-7-23,20(31)11-23)29-21(32)13-34-16-3-4-17(25)18(26)10-16/h2-5,10,20,31H,6-9,11,13H2,1H3,(H,29,32)(H,30,33). The first-order valence-corrected chi connectivity index (χ1v) is 11.3. The van der Waals surface area contributed by atoms with Crippen molar-refractivity contribution in [3.63, 3.8) is 0 Å². The minimum Gasteiger partial charge on any atom is -0.484 e. The van der Waals surface area contributed by atoms with Gasteiger partial charge in [0.2, 0.25) is 0 Å². The van der Waals surface area contributed by atoms with E-state index < -0.39 is 28.9 Å². The molecule has 34 heavy (non-hydrogen) atoms. The summed E-state index contributed by atoms with van der Waals surface area (Å²) in [6.07, 6.45) is 1.55. The summed E-state index contributed by atoms with van der Waals surface area (Å²) in [5.41, 5.74) is -0.297. The van der Waals surface area contributed by atoms with Gasteiger partial charge in [-0.15, -0.1) is 0 Å². The molecule has 0 radical (unpaired) electrons. The first-order chi connectivity index (χ1) is 16.2. The Bertz CT molecular complexity index is 1170. The number of aromatic nitrogens is 1. The zero-order valence-electron chi connectivity index (χ0n) is 18.5. The Hall–Kier alpha value is -3.22. The first kappa shape index (κ1) is 23.9. The molecule has 3 aliphatic carbocycles. The molecule has 3 saturated carbocycles. The first-order valence-electron chi connectivity index (χ1n) is 10.9. The van der Waals surface area contributed by atoms with Gasteiger partial charge in [-0.1, -0.05) is 11.6 Å². The number of amides is 2. The molecule has 3 fully saturated rings. The van der Waals surface area contributed by atoms with Crippen LogP contribution in [0, 0.1) is 24.1 Å². The molecule has 3 aliphatic rings. The normalized spacial score (nSPS) is 25.3. The van der Waals surface area contributed by atoms with Gasteiger partial charge >= 0.3 is 0 Å². The van der Waals surface area contributed by atoms with Crippen LogP contribution in [0.15, 0.2) is 30.3 Å². The number of nitrogens with zero attached hydrogens (tertiary/aromatic N) is 2. The van der Waals surface area contributed by atoms with Crippen molar-refractivity contribution in [1.82, 2.24) is 15.6 Å². The Kier molecular flexibility index (Phi) is 6.47. The lowest BCUT2D eigenvalue weighted by atomic mass is 9.60. The molecular formula is C24H24ClFN4O4. The van der Waals surface area contributed by atoms with Crippen molar-refractivity contribution in [2.75, 3.05) is 6.61 Å². The van der Waals surface area contributed by atoms with Crippen LogP contribution in [0.4, 0.5) is 4.39 Å². The molecule has 8 nitrogen and oxygen atoms in total. The topological polar surface area (TPSA) is 124 Å². The molecule has 10 heteroatoms. The van der Waals surface area contributed by atoms with E-state index >= 15 is 0 Å². The van der Waals surface area contributed by atoms with Gasteiger partial charge in [0.15, 0.2) is 6.61 Å². The second-order valence-electron chi connectivity index (χ2n) is 8.96. The van der Waals surface area contributed by atoms with E-state index in [1.165, 1.54) is 18.2 Å². The zero-order valence-corrected chi connectivity index (χ0v) is 19.3. The fourth-order valence-corrected chi connectivity index (χ4v) is 4.92. The third-order valence-corrected chi connectivity index (χ3v) is 7.09. The molecule has 178 valence electrons. The van der Waals surface area contributed by atoms with Gasteiger partial charge in [0.25, 0.3) is 11.8 Å². The highest BCUT2D eigenvalue weighted by Crippen LogP contribution is 2.47. The number of aryl methyl sites for hydroxylation is 1. The number of nitriles is 1. The summed E-state index contributed by atoms with van der Waals surface area (Å²) in [6.45, 7) is 1.34. The molecule has 3 N–H and O–H groups in total. The fraction of sp³-hybridized carbons (Fsp3) is 0.417. The van der Waals surface area contributed by atoms with Crippen LogP contribution in [0.3, 0.4) is 0 Å². The number of hydrogen-bond acceptors (Lipinski definition) is 6. The van der Waals surface area contributed by atoms with Crippen molar-refractivity contribution in [2.24, 2.45) is 0 Å². The number of hydrogen-bond donors (Lipinski definition) is 3. The number of pyridine rings is 1. The van der Waals surface area contributed by atoms with Gasteiger partial charge in [-0.05, 0) is 63.3 Å². The summed E-state index contributed by atoms with van der Waals surface area (Å²) in [6, 6.07) is 9.01. The predicted octanol–water partition coefficient (Wildman–Crippen LogP) is 2.80. The highest BCUT2D eigenvalue weighted by Gasteiger charge is 2.55. The highest BCUT2D eigenvalue weighted by molar-refractivity contribution is 6.30.